The Balaban J connectivity index is 1.27. The van der Waals surface area contributed by atoms with Gasteiger partial charge < -0.3 is 14.2 Å². The zero-order chi connectivity index (χ0) is 20.1. The molecule has 0 spiro atoms. The highest BCUT2D eigenvalue weighted by molar-refractivity contribution is 5.76. The fraction of sp³-hybridized carbons (Fsp3) is 0.421. The van der Waals surface area contributed by atoms with E-state index >= 15 is 0 Å². The van der Waals surface area contributed by atoms with Crippen LogP contribution in [0.4, 0.5) is 0 Å². The van der Waals surface area contributed by atoms with Crippen molar-refractivity contribution in [1.82, 2.24) is 35.1 Å². The Bertz CT molecular complexity index is 933. The molecule has 0 radical (unpaired) electrons. The van der Waals surface area contributed by atoms with E-state index in [2.05, 4.69) is 30.2 Å². The third kappa shape index (κ3) is 4.60. The molecule has 0 aliphatic carbocycles. The third-order valence-electron chi connectivity index (χ3n) is 4.93. The van der Waals surface area contributed by atoms with E-state index in [1.807, 2.05) is 29.2 Å². The van der Waals surface area contributed by atoms with E-state index in [0.29, 0.717) is 43.4 Å². The fourth-order valence-corrected chi connectivity index (χ4v) is 3.34. The quantitative estimate of drug-likeness (QED) is 0.631. The van der Waals surface area contributed by atoms with Crippen molar-refractivity contribution in [3.05, 3.63) is 42.3 Å². The Hall–Kier alpha value is -3.27. The van der Waals surface area contributed by atoms with E-state index in [4.69, 9.17) is 9.26 Å². The van der Waals surface area contributed by atoms with Crippen LogP contribution in [0.1, 0.15) is 18.1 Å². The van der Waals surface area contributed by atoms with E-state index in [1.165, 1.54) is 6.33 Å². The van der Waals surface area contributed by atoms with E-state index < -0.39 is 0 Å². The first-order valence-corrected chi connectivity index (χ1v) is 9.53. The molecule has 0 atom stereocenters. The molecule has 2 aromatic heterocycles. The summed E-state index contributed by atoms with van der Waals surface area (Å²) in [6.45, 7) is 3.73. The van der Waals surface area contributed by atoms with Gasteiger partial charge in [0, 0.05) is 39.0 Å². The van der Waals surface area contributed by atoms with Gasteiger partial charge in [-0.1, -0.05) is 17.3 Å². The lowest BCUT2D eigenvalue weighted by Crippen LogP contribution is -2.48. The molecule has 0 bridgehead atoms. The normalized spacial score (nSPS) is 14.9. The summed E-state index contributed by atoms with van der Waals surface area (Å²) in [5.74, 6) is 2.53. The number of hydrogen-bond donors (Lipinski definition) is 1. The lowest BCUT2D eigenvalue weighted by molar-refractivity contribution is -0.133. The van der Waals surface area contributed by atoms with E-state index in [-0.39, 0.29) is 5.91 Å². The molecule has 10 nitrogen and oxygen atoms in total. The van der Waals surface area contributed by atoms with E-state index in [9.17, 15) is 4.79 Å². The maximum absolute atomic E-state index is 12.5. The van der Waals surface area contributed by atoms with Crippen molar-refractivity contribution in [1.29, 1.82) is 0 Å². The van der Waals surface area contributed by atoms with Crippen LogP contribution < -0.4 is 4.74 Å². The molecule has 3 heterocycles. The van der Waals surface area contributed by atoms with Gasteiger partial charge in [-0.05, 0) is 12.1 Å². The number of rotatable bonds is 7. The van der Waals surface area contributed by atoms with Gasteiger partial charge in [-0.15, -0.1) is 0 Å². The highest BCUT2D eigenvalue weighted by Crippen LogP contribution is 2.27. The van der Waals surface area contributed by atoms with Gasteiger partial charge in [0.1, 0.15) is 17.9 Å². The second kappa shape index (κ2) is 8.82. The lowest BCUT2D eigenvalue weighted by atomic mass is 10.2. The average Bonchev–Trinajstić information content (AvgIpc) is 3.44. The monoisotopic (exact) mass is 397 g/mol. The van der Waals surface area contributed by atoms with Gasteiger partial charge in [0.25, 0.3) is 0 Å². The highest BCUT2D eigenvalue weighted by atomic mass is 16.5. The van der Waals surface area contributed by atoms with Gasteiger partial charge in [-0.2, -0.15) is 10.1 Å². The smallest absolute Gasteiger partial charge is 0.227 e. The number of amides is 1. The Labute approximate surface area is 167 Å². The number of carbonyl (C=O) groups is 1. The average molecular weight is 397 g/mol. The molecule has 3 aromatic rings. The van der Waals surface area contributed by atoms with Gasteiger partial charge in [-0.3, -0.25) is 14.8 Å². The molecule has 1 fully saturated rings. The van der Waals surface area contributed by atoms with Crippen LogP contribution in [0, 0.1) is 0 Å². The summed E-state index contributed by atoms with van der Waals surface area (Å²) < 4.78 is 10.7. The van der Waals surface area contributed by atoms with Crippen LogP contribution in [0.3, 0.4) is 0 Å². The third-order valence-corrected chi connectivity index (χ3v) is 4.93. The number of nitrogens with zero attached hydrogens (tertiary/aromatic N) is 6. The van der Waals surface area contributed by atoms with E-state index in [1.54, 1.807) is 7.11 Å². The molecule has 1 aliphatic rings. The second-order valence-electron chi connectivity index (χ2n) is 6.80. The number of H-pyrrole nitrogens is 1. The molecule has 1 aromatic carbocycles. The summed E-state index contributed by atoms with van der Waals surface area (Å²) in [4.78, 5) is 25.2. The molecule has 0 unspecified atom stereocenters. The number of benzene rings is 1. The van der Waals surface area contributed by atoms with Gasteiger partial charge in [-0.25, -0.2) is 4.98 Å². The highest BCUT2D eigenvalue weighted by Gasteiger charge is 2.22. The number of carbonyl (C=O) groups excluding carboxylic acids is 1. The lowest BCUT2D eigenvalue weighted by Gasteiger charge is -2.34. The summed E-state index contributed by atoms with van der Waals surface area (Å²) in [6.07, 6.45) is 2.26. The summed E-state index contributed by atoms with van der Waals surface area (Å²) in [7, 11) is 1.60. The molecule has 1 N–H and O–H groups in total. The molecule has 152 valence electrons. The standard InChI is InChI=1S/C19H23N7O3/c1-28-15-5-3-2-4-14(15)19-22-17(29-24-19)6-7-18(27)26-10-8-25(9-11-26)12-16-20-13-21-23-16/h2-5,13H,6-12H2,1H3,(H,20,21,23). The number of hydrogen-bond acceptors (Lipinski definition) is 8. The molecule has 1 saturated heterocycles. The van der Waals surface area contributed by atoms with Crippen molar-refractivity contribution in [2.24, 2.45) is 0 Å². The van der Waals surface area contributed by atoms with Crippen LogP contribution in [0.15, 0.2) is 35.1 Å². The van der Waals surface area contributed by atoms with Gasteiger partial charge in [0.05, 0.1) is 19.2 Å². The van der Waals surface area contributed by atoms with Crippen molar-refractivity contribution < 1.29 is 14.1 Å². The van der Waals surface area contributed by atoms with Crippen LogP contribution in [0.5, 0.6) is 5.75 Å². The molecule has 4 rings (SSSR count). The van der Waals surface area contributed by atoms with Crippen molar-refractivity contribution in [2.75, 3.05) is 33.3 Å². The molecule has 1 amide bonds. The number of aromatic amines is 1. The minimum absolute atomic E-state index is 0.0985. The Morgan fingerprint density at radius 3 is 2.83 bits per heavy atom. The molecule has 29 heavy (non-hydrogen) atoms. The number of ether oxygens (including phenoxy) is 1. The molecule has 0 saturated carbocycles. The predicted molar refractivity (Wildman–Crippen MR) is 103 cm³/mol. The number of aromatic nitrogens is 5. The Kier molecular flexibility index (Phi) is 5.80. The Morgan fingerprint density at radius 1 is 1.24 bits per heavy atom. The summed E-state index contributed by atoms with van der Waals surface area (Å²) in [5.41, 5.74) is 0.763. The summed E-state index contributed by atoms with van der Waals surface area (Å²) >= 11 is 0. The number of para-hydroxylation sites is 1. The van der Waals surface area contributed by atoms with Crippen LogP contribution in [-0.2, 0) is 17.8 Å². The number of methoxy groups -OCH3 is 1. The largest absolute Gasteiger partial charge is 0.496 e. The molecular weight excluding hydrogens is 374 g/mol. The molecule has 10 heteroatoms. The van der Waals surface area contributed by atoms with Gasteiger partial charge in [0.15, 0.2) is 0 Å². The minimum Gasteiger partial charge on any atom is -0.496 e. The van der Waals surface area contributed by atoms with Crippen LogP contribution in [-0.4, -0.2) is 74.3 Å². The topological polar surface area (TPSA) is 113 Å². The van der Waals surface area contributed by atoms with Crippen LogP contribution in [0.2, 0.25) is 0 Å². The zero-order valence-corrected chi connectivity index (χ0v) is 16.2. The number of aryl methyl sites for hydroxylation is 1. The fourth-order valence-electron chi connectivity index (χ4n) is 3.34. The first-order valence-electron chi connectivity index (χ1n) is 9.53. The van der Waals surface area contributed by atoms with E-state index in [0.717, 1.165) is 31.0 Å². The number of nitrogens with one attached hydrogen (secondary N) is 1. The van der Waals surface area contributed by atoms with Crippen molar-refractivity contribution in [2.45, 2.75) is 19.4 Å². The maximum atomic E-state index is 12.5. The van der Waals surface area contributed by atoms with Crippen LogP contribution >= 0.6 is 0 Å². The molecular formula is C19H23N7O3. The summed E-state index contributed by atoms with van der Waals surface area (Å²) in [5, 5.41) is 10.7. The van der Waals surface area contributed by atoms with Gasteiger partial charge in [0.2, 0.25) is 17.6 Å². The first kappa shape index (κ1) is 19.1. The zero-order valence-electron chi connectivity index (χ0n) is 16.2. The summed E-state index contributed by atoms with van der Waals surface area (Å²) in [6, 6.07) is 7.49. The second-order valence-corrected chi connectivity index (χ2v) is 6.80. The number of piperazine rings is 1. The Morgan fingerprint density at radius 2 is 2.07 bits per heavy atom. The minimum atomic E-state index is 0.0985. The first-order chi connectivity index (χ1) is 14.2. The maximum Gasteiger partial charge on any atom is 0.227 e. The van der Waals surface area contributed by atoms with Crippen molar-refractivity contribution in [3.63, 3.8) is 0 Å². The predicted octanol–water partition coefficient (Wildman–Crippen LogP) is 1.14. The van der Waals surface area contributed by atoms with Crippen molar-refractivity contribution >= 4 is 5.91 Å². The molecule has 1 aliphatic heterocycles. The van der Waals surface area contributed by atoms with Gasteiger partial charge >= 0.3 is 0 Å². The van der Waals surface area contributed by atoms with Crippen molar-refractivity contribution in [3.8, 4) is 17.1 Å². The SMILES string of the molecule is COc1ccccc1-c1noc(CCC(=O)N2CCN(Cc3ncn[nH]3)CC2)n1. The van der Waals surface area contributed by atoms with Crippen LogP contribution in [0.25, 0.3) is 11.4 Å².